The maximum absolute atomic E-state index is 10.4. The molecule has 0 N–H and O–H groups in total. The number of nitrogens with zero attached hydrogens (tertiary/aromatic N) is 1. The van der Waals surface area contributed by atoms with Crippen LogP contribution in [-0.2, 0) is 14.4 Å². The molecule has 0 aromatic carbocycles. The standard InChI is InChI=1S/C8H15NO3/c1-6(5-12-8(3)10)7(2)9-11-4/h6H,5H2,1-4H3/b9-7+. The first-order valence-electron chi connectivity index (χ1n) is 3.79. The molecule has 0 saturated heterocycles. The van der Waals surface area contributed by atoms with Gasteiger partial charge in [-0.1, -0.05) is 12.1 Å². The molecule has 0 rings (SSSR count). The van der Waals surface area contributed by atoms with Crippen LogP contribution in [0.3, 0.4) is 0 Å². The van der Waals surface area contributed by atoms with Gasteiger partial charge in [-0.2, -0.15) is 0 Å². The minimum atomic E-state index is -0.271. The number of ether oxygens (including phenoxy) is 1. The van der Waals surface area contributed by atoms with Crippen LogP contribution in [0.15, 0.2) is 5.16 Å². The van der Waals surface area contributed by atoms with E-state index in [4.69, 9.17) is 4.74 Å². The zero-order chi connectivity index (χ0) is 9.56. The molecule has 1 atom stereocenters. The lowest BCUT2D eigenvalue weighted by Crippen LogP contribution is -2.16. The molecule has 70 valence electrons. The normalized spacial score (nSPS) is 13.8. The summed E-state index contributed by atoms with van der Waals surface area (Å²) in [5.41, 5.74) is 0.818. The molecule has 0 aliphatic carbocycles. The number of esters is 1. The highest BCUT2D eigenvalue weighted by Gasteiger charge is 2.07. The predicted octanol–water partition coefficient (Wildman–Crippen LogP) is 1.21. The third kappa shape index (κ3) is 4.71. The number of hydrogen-bond acceptors (Lipinski definition) is 4. The van der Waals surface area contributed by atoms with Crippen molar-refractivity contribution >= 4 is 11.7 Å². The molecule has 0 aromatic rings. The Kier molecular flexibility index (Phi) is 5.08. The lowest BCUT2D eigenvalue weighted by Gasteiger charge is -2.09. The van der Waals surface area contributed by atoms with Crippen LogP contribution in [0.5, 0.6) is 0 Å². The molecule has 12 heavy (non-hydrogen) atoms. The molecular formula is C8H15NO3. The van der Waals surface area contributed by atoms with Gasteiger partial charge >= 0.3 is 5.97 Å². The van der Waals surface area contributed by atoms with Crippen molar-refractivity contribution in [2.45, 2.75) is 20.8 Å². The third-order valence-corrected chi connectivity index (χ3v) is 1.49. The van der Waals surface area contributed by atoms with Gasteiger partial charge in [-0.25, -0.2) is 0 Å². The summed E-state index contributed by atoms with van der Waals surface area (Å²) in [6.07, 6.45) is 0. The van der Waals surface area contributed by atoms with Crippen LogP contribution in [0.1, 0.15) is 20.8 Å². The lowest BCUT2D eigenvalue weighted by molar-refractivity contribution is -0.141. The fourth-order valence-electron chi connectivity index (χ4n) is 0.597. The van der Waals surface area contributed by atoms with Crippen molar-refractivity contribution in [1.29, 1.82) is 0 Å². The zero-order valence-electron chi connectivity index (χ0n) is 7.96. The molecule has 0 aromatic heterocycles. The summed E-state index contributed by atoms with van der Waals surface area (Å²) < 4.78 is 4.80. The van der Waals surface area contributed by atoms with Crippen LogP contribution in [-0.4, -0.2) is 25.4 Å². The number of hydrogen-bond donors (Lipinski definition) is 0. The van der Waals surface area contributed by atoms with Crippen LogP contribution in [0.4, 0.5) is 0 Å². The van der Waals surface area contributed by atoms with E-state index in [2.05, 4.69) is 9.99 Å². The highest BCUT2D eigenvalue weighted by Crippen LogP contribution is 2.00. The second kappa shape index (κ2) is 5.57. The fourth-order valence-corrected chi connectivity index (χ4v) is 0.597. The van der Waals surface area contributed by atoms with E-state index < -0.39 is 0 Å². The Labute approximate surface area is 72.5 Å². The van der Waals surface area contributed by atoms with E-state index in [1.807, 2.05) is 13.8 Å². The van der Waals surface area contributed by atoms with E-state index in [1.165, 1.54) is 14.0 Å². The first-order chi connectivity index (χ1) is 5.57. The number of carbonyl (C=O) groups is 1. The Morgan fingerprint density at radius 2 is 2.08 bits per heavy atom. The molecule has 0 aliphatic rings. The summed E-state index contributed by atoms with van der Waals surface area (Å²) in [4.78, 5) is 15.0. The predicted molar refractivity (Wildman–Crippen MR) is 45.9 cm³/mol. The Morgan fingerprint density at radius 1 is 1.50 bits per heavy atom. The molecule has 4 heteroatoms. The SMILES string of the molecule is CO/N=C(\C)C(C)COC(C)=O. The monoisotopic (exact) mass is 173 g/mol. The minimum absolute atomic E-state index is 0.105. The van der Waals surface area contributed by atoms with Crippen LogP contribution in [0.25, 0.3) is 0 Å². The molecule has 0 heterocycles. The second-order valence-corrected chi connectivity index (χ2v) is 2.62. The van der Waals surface area contributed by atoms with Crippen molar-refractivity contribution in [2.24, 2.45) is 11.1 Å². The number of rotatable bonds is 4. The van der Waals surface area contributed by atoms with Gasteiger partial charge in [-0.15, -0.1) is 0 Å². The van der Waals surface area contributed by atoms with E-state index in [9.17, 15) is 4.79 Å². The van der Waals surface area contributed by atoms with Crippen molar-refractivity contribution in [3.8, 4) is 0 Å². The van der Waals surface area contributed by atoms with Crippen LogP contribution < -0.4 is 0 Å². The number of carbonyl (C=O) groups excluding carboxylic acids is 1. The van der Waals surface area contributed by atoms with Gasteiger partial charge in [0.25, 0.3) is 0 Å². The van der Waals surface area contributed by atoms with E-state index in [-0.39, 0.29) is 11.9 Å². The van der Waals surface area contributed by atoms with E-state index in [1.54, 1.807) is 0 Å². The molecule has 1 unspecified atom stereocenters. The van der Waals surface area contributed by atoms with Gasteiger partial charge in [0.05, 0.1) is 12.3 Å². The third-order valence-electron chi connectivity index (χ3n) is 1.49. The topological polar surface area (TPSA) is 47.9 Å². The first-order valence-corrected chi connectivity index (χ1v) is 3.79. The van der Waals surface area contributed by atoms with E-state index >= 15 is 0 Å². The van der Waals surface area contributed by atoms with Gasteiger partial charge < -0.3 is 9.57 Å². The number of oxime groups is 1. The van der Waals surface area contributed by atoms with Gasteiger partial charge in [-0.3, -0.25) is 4.79 Å². The van der Waals surface area contributed by atoms with Gasteiger partial charge in [0.2, 0.25) is 0 Å². The highest BCUT2D eigenvalue weighted by molar-refractivity contribution is 5.83. The van der Waals surface area contributed by atoms with Gasteiger partial charge in [-0.05, 0) is 6.92 Å². The minimum Gasteiger partial charge on any atom is -0.465 e. The van der Waals surface area contributed by atoms with Crippen molar-refractivity contribution < 1.29 is 14.4 Å². The quantitative estimate of drug-likeness (QED) is 0.364. The summed E-state index contributed by atoms with van der Waals surface area (Å²) in [6, 6.07) is 0. The smallest absolute Gasteiger partial charge is 0.302 e. The van der Waals surface area contributed by atoms with Gasteiger partial charge in [0, 0.05) is 12.8 Å². The Morgan fingerprint density at radius 3 is 2.50 bits per heavy atom. The van der Waals surface area contributed by atoms with Gasteiger partial charge in [0.15, 0.2) is 0 Å². The van der Waals surface area contributed by atoms with Crippen LogP contribution in [0, 0.1) is 5.92 Å². The van der Waals surface area contributed by atoms with Crippen molar-refractivity contribution in [3.05, 3.63) is 0 Å². The summed E-state index contributed by atoms with van der Waals surface area (Å²) in [5, 5.41) is 3.73. The molecule has 4 nitrogen and oxygen atoms in total. The molecule has 0 aliphatic heterocycles. The second-order valence-electron chi connectivity index (χ2n) is 2.62. The Balaban J connectivity index is 3.78. The molecular weight excluding hydrogens is 158 g/mol. The molecule has 0 saturated carbocycles. The molecule has 0 radical (unpaired) electrons. The van der Waals surface area contributed by atoms with Crippen LogP contribution in [0.2, 0.25) is 0 Å². The van der Waals surface area contributed by atoms with E-state index in [0.717, 1.165) is 5.71 Å². The molecule has 0 amide bonds. The zero-order valence-corrected chi connectivity index (χ0v) is 7.96. The Hall–Kier alpha value is -1.06. The summed E-state index contributed by atoms with van der Waals surface area (Å²) in [6.45, 7) is 5.49. The molecule has 0 bridgehead atoms. The first kappa shape index (κ1) is 10.9. The maximum atomic E-state index is 10.4. The summed E-state index contributed by atoms with van der Waals surface area (Å²) in [5.74, 6) is -0.166. The lowest BCUT2D eigenvalue weighted by atomic mass is 10.1. The Bertz CT molecular complexity index is 177. The largest absolute Gasteiger partial charge is 0.465 e. The molecule has 0 spiro atoms. The van der Waals surface area contributed by atoms with Crippen LogP contribution >= 0.6 is 0 Å². The van der Waals surface area contributed by atoms with Crippen molar-refractivity contribution in [1.82, 2.24) is 0 Å². The summed E-state index contributed by atoms with van der Waals surface area (Å²) >= 11 is 0. The summed E-state index contributed by atoms with van der Waals surface area (Å²) in [7, 11) is 1.49. The molecule has 0 fully saturated rings. The average Bonchev–Trinajstić information content (AvgIpc) is 2.00. The fraction of sp³-hybridized carbons (Fsp3) is 0.750. The highest BCUT2D eigenvalue weighted by atomic mass is 16.6. The maximum Gasteiger partial charge on any atom is 0.302 e. The average molecular weight is 173 g/mol. The van der Waals surface area contributed by atoms with E-state index in [0.29, 0.717) is 6.61 Å². The van der Waals surface area contributed by atoms with Crippen molar-refractivity contribution in [3.63, 3.8) is 0 Å². The van der Waals surface area contributed by atoms with Gasteiger partial charge in [0.1, 0.15) is 7.11 Å². The van der Waals surface area contributed by atoms with Crippen molar-refractivity contribution in [2.75, 3.05) is 13.7 Å².